The molecule has 0 saturated carbocycles. The Kier molecular flexibility index (Phi) is 3.66. The number of carbonyl (C=O) groups excluding carboxylic acids is 1. The lowest BCUT2D eigenvalue weighted by atomic mass is 10.1. The first kappa shape index (κ1) is 13.9. The highest BCUT2D eigenvalue weighted by Crippen LogP contribution is 2.32. The predicted octanol–water partition coefficient (Wildman–Crippen LogP) is 1.40. The molecule has 8 heteroatoms. The molecular formula is C12H11N3O4S. The van der Waals surface area contributed by atoms with Gasteiger partial charge in [0.15, 0.2) is 0 Å². The molecule has 0 aliphatic heterocycles. The molecule has 20 heavy (non-hydrogen) atoms. The second-order valence-corrected chi connectivity index (χ2v) is 5.28. The lowest BCUT2D eigenvalue weighted by molar-refractivity contribution is 0.0697. The molecule has 1 amide bonds. The van der Waals surface area contributed by atoms with Crippen molar-refractivity contribution in [3.8, 4) is 0 Å². The second kappa shape index (κ2) is 5.25. The quantitative estimate of drug-likeness (QED) is 0.791. The number of carbonyl (C=O) groups is 2. The Balaban J connectivity index is 2.33. The molecule has 2 aromatic heterocycles. The van der Waals surface area contributed by atoms with Crippen molar-refractivity contribution in [2.45, 2.75) is 13.8 Å². The minimum absolute atomic E-state index is 0.00430. The van der Waals surface area contributed by atoms with E-state index < -0.39 is 17.4 Å². The van der Waals surface area contributed by atoms with Crippen molar-refractivity contribution in [1.29, 1.82) is 0 Å². The molecule has 0 aliphatic carbocycles. The predicted molar refractivity (Wildman–Crippen MR) is 73.6 cm³/mol. The fourth-order valence-electron chi connectivity index (χ4n) is 1.61. The van der Waals surface area contributed by atoms with Gasteiger partial charge in [0.1, 0.15) is 10.7 Å². The van der Waals surface area contributed by atoms with Crippen LogP contribution in [-0.2, 0) is 0 Å². The SMILES string of the molecule is Cc1sc(NC(=O)c2ccc(=O)[nH]n2)c(C(=O)O)c1C. The van der Waals surface area contributed by atoms with Crippen LogP contribution >= 0.6 is 11.3 Å². The number of carboxylic acid groups (broad SMARTS) is 1. The van der Waals surface area contributed by atoms with Crippen LogP contribution < -0.4 is 10.9 Å². The van der Waals surface area contributed by atoms with Gasteiger partial charge in [-0.15, -0.1) is 11.3 Å². The third kappa shape index (κ3) is 2.59. The number of nitrogens with zero attached hydrogens (tertiary/aromatic N) is 1. The molecule has 2 rings (SSSR count). The molecule has 0 aromatic carbocycles. The summed E-state index contributed by atoms with van der Waals surface area (Å²) in [5.74, 6) is -1.68. The molecule has 0 saturated heterocycles. The van der Waals surface area contributed by atoms with Crippen LogP contribution in [0, 0.1) is 13.8 Å². The Labute approximate surface area is 117 Å². The van der Waals surface area contributed by atoms with Crippen LogP contribution in [0.3, 0.4) is 0 Å². The summed E-state index contributed by atoms with van der Waals surface area (Å²) < 4.78 is 0. The normalized spacial score (nSPS) is 10.3. The number of nitrogens with one attached hydrogen (secondary N) is 2. The highest BCUT2D eigenvalue weighted by Gasteiger charge is 2.21. The summed E-state index contributed by atoms with van der Waals surface area (Å²) >= 11 is 1.18. The van der Waals surface area contributed by atoms with Crippen LogP contribution in [-0.4, -0.2) is 27.2 Å². The number of carboxylic acids is 1. The zero-order valence-electron chi connectivity index (χ0n) is 10.7. The Morgan fingerprint density at radius 2 is 2.05 bits per heavy atom. The van der Waals surface area contributed by atoms with Gasteiger partial charge in [0.05, 0.1) is 5.56 Å². The molecule has 0 aliphatic rings. The average Bonchev–Trinajstić information content (AvgIpc) is 2.65. The van der Waals surface area contributed by atoms with Crippen LogP contribution in [0.1, 0.15) is 31.3 Å². The van der Waals surface area contributed by atoms with Crippen molar-refractivity contribution in [3.05, 3.63) is 44.2 Å². The van der Waals surface area contributed by atoms with E-state index >= 15 is 0 Å². The number of aryl methyl sites for hydroxylation is 1. The topological polar surface area (TPSA) is 112 Å². The van der Waals surface area contributed by atoms with Crippen molar-refractivity contribution < 1.29 is 14.7 Å². The molecule has 0 radical (unpaired) electrons. The number of rotatable bonds is 3. The number of hydrogen-bond acceptors (Lipinski definition) is 5. The second-order valence-electron chi connectivity index (χ2n) is 4.05. The van der Waals surface area contributed by atoms with Gasteiger partial charge in [-0.2, -0.15) is 5.10 Å². The van der Waals surface area contributed by atoms with Crippen molar-refractivity contribution in [2.24, 2.45) is 0 Å². The van der Waals surface area contributed by atoms with E-state index in [2.05, 4.69) is 15.5 Å². The smallest absolute Gasteiger partial charge is 0.338 e. The third-order valence-corrected chi connectivity index (χ3v) is 3.86. The maximum absolute atomic E-state index is 11.9. The van der Waals surface area contributed by atoms with E-state index in [1.807, 2.05) is 0 Å². The van der Waals surface area contributed by atoms with Crippen LogP contribution in [0.4, 0.5) is 5.00 Å². The van der Waals surface area contributed by atoms with E-state index in [0.717, 1.165) is 4.88 Å². The summed E-state index contributed by atoms with van der Waals surface area (Å²) in [7, 11) is 0. The van der Waals surface area contributed by atoms with Crippen molar-refractivity contribution in [2.75, 3.05) is 5.32 Å². The van der Waals surface area contributed by atoms with Crippen molar-refractivity contribution in [3.63, 3.8) is 0 Å². The number of aromatic carboxylic acids is 1. The van der Waals surface area contributed by atoms with Gasteiger partial charge >= 0.3 is 5.97 Å². The number of aromatic nitrogens is 2. The van der Waals surface area contributed by atoms with Gasteiger partial charge in [-0.3, -0.25) is 9.59 Å². The van der Waals surface area contributed by atoms with Gasteiger partial charge in [-0.05, 0) is 25.5 Å². The highest BCUT2D eigenvalue weighted by atomic mass is 32.1. The van der Waals surface area contributed by atoms with E-state index in [1.165, 1.54) is 23.5 Å². The first-order valence-corrected chi connectivity index (χ1v) is 6.42. The zero-order valence-corrected chi connectivity index (χ0v) is 11.5. The summed E-state index contributed by atoms with van der Waals surface area (Å²) in [4.78, 5) is 34.8. The number of aromatic amines is 1. The van der Waals surface area contributed by atoms with Gasteiger partial charge in [-0.25, -0.2) is 9.89 Å². The summed E-state index contributed by atoms with van der Waals surface area (Å²) in [6.45, 7) is 3.46. The van der Waals surface area contributed by atoms with Gasteiger partial charge in [0.2, 0.25) is 0 Å². The molecule has 104 valence electrons. The summed E-state index contributed by atoms with van der Waals surface area (Å²) in [5.41, 5.74) is 0.276. The first-order valence-electron chi connectivity index (χ1n) is 5.60. The molecule has 2 heterocycles. The van der Waals surface area contributed by atoms with E-state index in [0.29, 0.717) is 5.56 Å². The van der Waals surface area contributed by atoms with Crippen molar-refractivity contribution in [1.82, 2.24) is 10.2 Å². The van der Waals surface area contributed by atoms with Crippen LogP contribution in [0.5, 0.6) is 0 Å². The molecule has 3 N–H and O–H groups in total. The maximum Gasteiger partial charge on any atom is 0.338 e. The lowest BCUT2D eigenvalue weighted by Gasteiger charge is -2.03. The molecule has 0 unspecified atom stereocenters. The van der Waals surface area contributed by atoms with E-state index in [4.69, 9.17) is 0 Å². The summed E-state index contributed by atoms with van der Waals surface area (Å²) in [6.07, 6.45) is 0. The standard InChI is InChI=1S/C12H11N3O4S/c1-5-6(2)20-11(9(5)12(18)19)13-10(17)7-3-4-8(16)15-14-7/h3-4H,1-2H3,(H,13,17)(H,15,16)(H,18,19). The molecule has 0 fully saturated rings. The van der Waals surface area contributed by atoms with Gasteiger partial charge in [0, 0.05) is 10.9 Å². The number of H-pyrrole nitrogens is 1. The van der Waals surface area contributed by atoms with Crippen LogP contribution in [0.15, 0.2) is 16.9 Å². The Bertz CT molecular complexity index is 727. The summed E-state index contributed by atoms with van der Waals surface area (Å²) in [5, 5.41) is 17.7. The average molecular weight is 293 g/mol. The molecule has 0 spiro atoms. The minimum atomic E-state index is -1.10. The highest BCUT2D eigenvalue weighted by molar-refractivity contribution is 7.16. The number of anilines is 1. The fourth-order valence-corrected chi connectivity index (χ4v) is 2.66. The number of hydrogen-bond donors (Lipinski definition) is 3. The van der Waals surface area contributed by atoms with Gasteiger partial charge in [0.25, 0.3) is 11.5 Å². The summed E-state index contributed by atoms with van der Waals surface area (Å²) in [6, 6.07) is 2.44. The van der Waals surface area contributed by atoms with E-state index in [9.17, 15) is 19.5 Å². The molecule has 0 bridgehead atoms. The Morgan fingerprint density at radius 1 is 1.35 bits per heavy atom. The lowest BCUT2D eigenvalue weighted by Crippen LogP contribution is -2.18. The van der Waals surface area contributed by atoms with Crippen LogP contribution in [0.2, 0.25) is 0 Å². The zero-order chi connectivity index (χ0) is 14.9. The number of amides is 1. The van der Waals surface area contributed by atoms with Crippen LogP contribution in [0.25, 0.3) is 0 Å². The van der Waals surface area contributed by atoms with E-state index in [1.54, 1.807) is 13.8 Å². The number of thiophene rings is 1. The maximum atomic E-state index is 11.9. The van der Waals surface area contributed by atoms with E-state index in [-0.39, 0.29) is 16.3 Å². The van der Waals surface area contributed by atoms with Gasteiger partial charge in [-0.1, -0.05) is 0 Å². The first-order chi connectivity index (χ1) is 9.40. The monoisotopic (exact) mass is 293 g/mol. The largest absolute Gasteiger partial charge is 0.478 e. The van der Waals surface area contributed by atoms with Crippen molar-refractivity contribution >= 4 is 28.2 Å². The molecule has 2 aromatic rings. The van der Waals surface area contributed by atoms with Gasteiger partial charge < -0.3 is 10.4 Å². The third-order valence-electron chi connectivity index (χ3n) is 2.74. The molecular weight excluding hydrogens is 282 g/mol. The minimum Gasteiger partial charge on any atom is -0.478 e. The molecule has 0 atom stereocenters. The fraction of sp³-hybridized carbons (Fsp3) is 0.167. The molecule has 7 nitrogen and oxygen atoms in total. The Hall–Kier alpha value is -2.48. The Morgan fingerprint density at radius 3 is 2.60 bits per heavy atom.